The first-order valence-corrected chi connectivity index (χ1v) is 13.6. The van der Waals surface area contributed by atoms with Gasteiger partial charge in [-0.1, -0.05) is 30.3 Å². The maximum absolute atomic E-state index is 14.3. The highest BCUT2D eigenvalue weighted by atomic mass is 79.9. The van der Waals surface area contributed by atoms with Gasteiger partial charge in [-0.3, -0.25) is 0 Å². The van der Waals surface area contributed by atoms with Gasteiger partial charge in [-0.2, -0.15) is 13.2 Å². The first kappa shape index (κ1) is 35.1. The first-order chi connectivity index (χ1) is 19.5. The molecule has 0 unspecified atom stereocenters. The number of aryl methyl sites for hydroxylation is 5. The zero-order valence-corrected chi connectivity index (χ0v) is 26.4. The minimum atomic E-state index is -0.500. The monoisotopic (exact) mass is 717 g/mol. The highest BCUT2D eigenvalue weighted by Gasteiger charge is 2.15. The van der Waals surface area contributed by atoms with Crippen LogP contribution in [0.1, 0.15) is 37.7 Å². The molecule has 4 rings (SSSR count). The minimum absolute atomic E-state index is 0. The van der Waals surface area contributed by atoms with Crippen molar-refractivity contribution in [2.75, 3.05) is 6.54 Å². The van der Waals surface area contributed by atoms with Crippen molar-refractivity contribution in [2.45, 2.75) is 71.4 Å². The normalized spacial score (nSPS) is 10.6. The number of unbranched alkanes of at least 4 members (excludes halogenated alkanes) is 2. The van der Waals surface area contributed by atoms with Crippen molar-refractivity contribution in [2.24, 2.45) is 0 Å². The molecule has 0 aliphatic carbocycles. The molecule has 4 aromatic rings. The predicted molar refractivity (Wildman–Crippen MR) is 139 cm³/mol. The van der Waals surface area contributed by atoms with Gasteiger partial charge in [0, 0.05) is 19.5 Å². The van der Waals surface area contributed by atoms with Crippen molar-refractivity contribution in [1.82, 2.24) is 24.0 Å². The van der Waals surface area contributed by atoms with E-state index >= 15 is 0 Å². The molecule has 0 radical (unpaired) electrons. The van der Waals surface area contributed by atoms with E-state index in [2.05, 4.69) is 10.3 Å². The Morgan fingerprint density at radius 3 is 2.38 bits per heavy atom. The Hall–Kier alpha value is -3.13. The number of nitrogens with one attached hydrogen (secondary N) is 1. The predicted octanol–water partition coefficient (Wildman–Crippen LogP) is -2.24. The highest BCUT2D eigenvalue weighted by Crippen LogP contribution is 2.04. The molecule has 230 valence electrons. The first-order valence-electron chi connectivity index (χ1n) is 13.6. The molecule has 0 bridgehead atoms. The highest BCUT2D eigenvalue weighted by molar-refractivity contribution is 5.67. The Balaban J connectivity index is 0.00000308. The average molecular weight is 719 g/mol. The van der Waals surface area contributed by atoms with E-state index in [1.807, 2.05) is 34.9 Å². The van der Waals surface area contributed by atoms with Gasteiger partial charge in [0.1, 0.15) is 6.61 Å². The molecular weight excluding hydrogens is 683 g/mol. The van der Waals surface area contributed by atoms with Gasteiger partial charge in [-0.15, -0.1) is 0 Å². The number of carbonyl (C=O) groups excluding carboxylic acids is 1. The third-order valence-electron chi connectivity index (χ3n) is 6.48. The van der Waals surface area contributed by atoms with Crippen molar-refractivity contribution in [3.63, 3.8) is 0 Å². The number of carbonyl (C=O) groups is 1. The van der Waals surface area contributed by atoms with Gasteiger partial charge in [0.2, 0.25) is 18.6 Å². The summed E-state index contributed by atoms with van der Waals surface area (Å²) < 4.78 is 55.1. The number of ether oxygens (including phenoxy) is 1. The summed E-state index contributed by atoms with van der Waals surface area (Å²) in [4.78, 5) is 15.4. The maximum atomic E-state index is 14.3. The average Bonchev–Trinajstić information content (AvgIpc) is 3.64. The van der Waals surface area contributed by atoms with E-state index in [0.29, 0.717) is 45.7 Å². The van der Waals surface area contributed by atoms with Crippen LogP contribution in [0.5, 0.6) is 0 Å². The van der Waals surface area contributed by atoms with Crippen LogP contribution in [0, 0.1) is 17.8 Å². The third-order valence-corrected chi connectivity index (χ3v) is 6.48. The van der Waals surface area contributed by atoms with Crippen molar-refractivity contribution in [1.29, 1.82) is 0 Å². The molecule has 1 N–H and O–H groups in total. The summed E-state index contributed by atoms with van der Waals surface area (Å²) in [5, 5.41) is 2.71. The molecule has 3 heterocycles. The van der Waals surface area contributed by atoms with E-state index in [1.165, 1.54) is 24.9 Å². The van der Waals surface area contributed by atoms with Crippen molar-refractivity contribution >= 4 is 6.09 Å². The van der Waals surface area contributed by atoms with Crippen molar-refractivity contribution in [3.05, 3.63) is 91.3 Å². The lowest BCUT2D eigenvalue weighted by molar-refractivity contribution is -0.726. The third kappa shape index (κ3) is 11.6. The smallest absolute Gasteiger partial charge is 0.407 e. The lowest BCUT2D eigenvalue weighted by atomic mass is 10.2. The van der Waals surface area contributed by atoms with Gasteiger partial charge in [-0.05, 0) is 31.2 Å². The van der Waals surface area contributed by atoms with Crippen molar-refractivity contribution < 1.29 is 65.8 Å². The fraction of sp³-hybridized carbons (Fsp3) is 0.429. The van der Waals surface area contributed by atoms with E-state index < -0.39 is 12.0 Å². The summed E-state index contributed by atoms with van der Waals surface area (Å²) in [7, 11) is 0. The lowest BCUT2D eigenvalue weighted by Crippen LogP contribution is -3.00. The van der Waals surface area contributed by atoms with Crippen LogP contribution in [0.25, 0.3) is 0 Å². The molecule has 0 fully saturated rings. The van der Waals surface area contributed by atoms with Crippen LogP contribution in [-0.4, -0.2) is 31.3 Å². The summed E-state index contributed by atoms with van der Waals surface area (Å²) in [6.07, 6.45) is 12.4. The summed E-state index contributed by atoms with van der Waals surface area (Å²) in [5.41, 5.74) is 0.919. The Morgan fingerprint density at radius 2 is 1.62 bits per heavy atom. The molecule has 0 atom stereocenters. The second-order valence-corrected chi connectivity index (χ2v) is 9.69. The molecule has 0 aliphatic rings. The maximum Gasteiger partial charge on any atom is 0.407 e. The Kier molecular flexibility index (Phi) is 15.4. The molecule has 0 spiro atoms. The quantitative estimate of drug-likeness (QED) is 0.105. The van der Waals surface area contributed by atoms with Gasteiger partial charge >= 0.3 is 18.0 Å². The molecule has 1 aromatic carbocycles. The topological polar surface area (TPSA) is 73.8 Å². The summed E-state index contributed by atoms with van der Waals surface area (Å²) >= 11 is 0. The SMILES string of the molecule is O=C(NCCCn1cc(F)[n+](CCCC[n+]2cc(F)n(CCCCn3cnc(F)c3)c2)c1)OCc1ccccc1.[Br-].[Br-]. The number of hydrogen-bond donors (Lipinski definition) is 1. The number of rotatable bonds is 16. The molecule has 14 heteroatoms. The summed E-state index contributed by atoms with van der Waals surface area (Å²) in [5.74, 6) is -1.12. The van der Waals surface area contributed by atoms with Crippen molar-refractivity contribution in [3.8, 4) is 0 Å². The number of imidazole rings is 3. The van der Waals surface area contributed by atoms with Crippen LogP contribution in [0.4, 0.5) is 18.0 Å². The molecular formula is C28H36Br2F3N7O2. The van der Waals surface area contributed by atoms with Crippen LogP contribution >= 0.6 is 0 Å². The van der Waals surface area contributed by atoms with E-state index in [0.717, 1.165) is 31.2 Å². The zero-order chi connectivity index (χ0) is 28.2. The van der Waals surface area contributed by atoms with Gasteiger partial charge < -0.3 is 48.6 Å². The summed E-state index contributed by atoms with van der Waals surface area (Å²) in [6, 6.07) is 9.45. The molecule has 9 nitrogen and oxygen atoms in total. The fourth-order valence-electron chi connectivity index (χ4n) is 4.37. The van der Waals surface area contributed by atoms with Crippen LogP contribution in [0.2, 0.25) is 0 Å². The fourth-order valence-corrected chi connectivity index (χ4v) is 4.37. The largest absolute Gasteiger partial charge is 1.00 e. The standard InChI is InChI=1S/C28H35F3N7O2.2BrH/c29-25-17-34(21-33-25)12-4-6-15-37-22-35(18-26(37)30)13-5-7-16-38-23-36(19-27(38)31)14-8-11-32-28(39)40-20-24-9-2-1-3-10-24;;/h1-3,9-10,17-19,21-23H,4-8,11-16,20H2;2*1H/q+1;;/p-1. The zero-order valence-electron chi connectivity index (χ0n) is 23.2. The van der Waals surface area contributed by atoms with Crippen LogP contribution in [-0.2, 0) is 44.1 Å². The lowest BCUT2D eigenvalue weighted by Gasteiger charge is -2.06. The number of benzene rings is 1. The second-order valence-electron chi connectivity index (χ2n) is 9.69. The van der Waals surface area contributed by atoms with Gasteiger partial charge in [0.05, 0.1) is 38.7 Å². The van der Waals surface area contributed by atoms with Gasteiger partial charge in [-0.25, -0.2) is 28.0 Å². The number of nitrogens with zero attached hydrogens (tertiary/aromatic N) is 6. The number of halogens is 5. The number of alkyl carbamates (subject to hydrolysis) is 1. The molecule has 42 heavy (non-hydrogen) atoms. The Morgan fingerprint density at radius 1 is 0.881 bits per heavy atom. The number of amides is 1. The molecule has 1 amide bonds. The summed E-state index contributed by atoms with van der Waals surface area (Å²) in [6.45, 7) is 3.52. The Labute approximate surface area is 264 Å². The van der Waals surface area contributed by atoms with E-state index in [1.54, 1.807) is 30.9 Å². The number of hydrogen-bond acceptors (Lipinski definition) is 3. The van der Waals surface area contributed by atoms with Gasteiger partial charge in [0.25, 0.3) is 0 Å². The second kappa shape index (κ2) is 18.4. The molecule has 0 saturated heterocycles. The Bertz CT molecular complexity index is 1350. The molecule has 0 saturated carbocycles. The molecule has 0 aliphatic heterocycles. The van der Waals surface area contributed by atoms with Crippen LogP contribution in [0.3, 0.4) is 0 Å². The van der Waals surface area contributed by atoms with E-state index in [9.17, 15) is 18.0 Å². The molecule has 3 aromatic heterocycles. The van der Waals surface area contributed by atoms with Crippen LogP contribution < -0.4 is 48.4 Å². The van der Waals surface area contributed by atoms with E-state index in [-0.39, 0.29) is 52.5 Å². The minimum Gasteiger partial charge on any atom is -1.00 e. The van der Waals surface area contributed by atoms with Crippen LogP contribution in [0.15, 0.2) is 67.9 Å². The number of aromatic nitrogens is 6. The van der Waals surface area contributed by atoms with Gasteiger partial charge in [0.15, 0.2) is 12.4 Å². The van der Waals surface area contributed by atoms with E-state index in [4.69, 9.17) is 4.74 Å².